The minimum atomic E-state index is -0.441. The van der Waals surface area contributed by atoms with Crippen molar-refractivity contribution in [3.8, 4) is 5.69 Å². The van der Waals surface area contributed by atoms with Crippen molar-refractivity contribution < 1.29 is 15.5 Å². The Kier molecular flexibility index (Phi) is 3.29. The molecule has 7 rings (SSSR count). The zero-order valence-electron chi connectivity index (χ0n) is 28.5. The lowest BCUT2D eigenvalue weighted by Crippen LogP contribution is -2.32. The average molecular weight is 494 g/mol. The summed E-state index contributed by atoms with van der Waals surface area (Å²) in [5.41, 5.74) is 7.98. The molecule has 0 fully saturated rings. The summed E-state index contributed by atoms with van der Waals surface area (Å²) in [4.78, 5) is 0.917. The van der Waals surface area contributed by atoms with E-state index < -0.39 is 24.2 Å². The van der Waals surface area contributed by atoms with Crippen LogP contribution in [-0.2, 0) is 0 Å². The topological polar surface area (TPSA) is 7.94 Å². The van der Waals surface area contributed by atoms with Gasteiger partial charge in [0.15, 0.2) is 6.20 Å². The molecular formula is C33H29N2S+. The van der Waals surface area contributed by atoms with E-state index in [9.17, 15) is 0 Å². The Morgan fingerprint density at radius 3 is 2.33 bits per heavy atom. The molecule has 36 heavy (non-hydrogen) atoms. The first-order valence-electron chi connectivity index (χ1n) is 16.0. The lowest BCUT2D eigenvalue weighted by atomic mass is 9.86. The quantitative estimate of drug-likeness (QED) is 0.227. The highest BCUT2D eigenvalue weighted by molar-refractivity contribution is 8.01. The number of aromatic nitrogens is 1. The van der Waals surface area contributed by atoms with Gasteiger partial charge in [0.25, 0.3) is 0 Å². The van der Waals surface area contributed by atoms with Crippen molar-refractivity contribution in [2.45, 2.75) is 36.8 Å². The summed E-state index contributed by atoms with van der Waals surface area (Å²) >= 11 is 1.69. The Hall–Kier alpha value is -3.56. The van der Waals surface area contributed by atoms with Crippen LogP contribution < -0.4 is 0 Å². The predicted molar refractivity (Wildman–Crippen MR) is 153 cm³/mol. The molecule has 0 spiro atoms. The van der Waals surface area contributed by atoms with Crippen molar-refractivity contribution in [2.24, 2.45) is 0 Å². The summed E-state index contributed by atoms with van der Waals surface area (Å²) in [5, 5.41) is 0.208. The van der Waals surface area contributed by atoms with E-state index in [-0.39, 0.29) is 57.1 Å². The van der Waals surface area contributed by atoms with Gasteiger partial charge in [-0.15, -0.1) is 11.8 Å². The van der Waals surface area contributed by atoms with Crippen LogP contribution in [0.15, 0.2) is 95.8 Å². The second-order valence-electron chi connectivity index (χ2n) is 9.63. The van der Waals surface area contributed by atoms with Gasteiger partial charge < -0.3 is 4.57 Å². The molecular weight excluding hydrogens is 456 g/mol. The fourth-order valence-electron chi connectivity index (χ4n) is 5.72. The van der Waals surface area contributed by atoms with Crippen LogP contribution in [0, 0.1) is 20.8 Å². The van der Waals surface area contributed by atoms with Crippen molar-refractivity contribution in [3.63, 3.8) is 0 Å². The number of para-hydroxylation sites is 2. The first kappa shape index (κ1) is 14.9. The van der Waals surface area contributed by atoms with Crippen LogP contribution in [0.5, 0.6) is 0 Å². The third kappa shape index (κ3) is 3.02. The van der Waals surface area contributed by atoms with E-state index in [2.05, 4.69) is 62.9 Å². The SMILES string of the molecule is [2H]c1c([2H])c([2H])c2c(c1[2H])c1c([2H])c([2H])c([2H])c([2H])c1n2-c1cccc2c1SC1C(c3cc(C)cc(C)c3C)=[N+](C)C=CC21. The lowest BCUT2D eigenvalue weighted by Gasteiger charge is -2.22. The number of thioether (sulfide) groups is 1. The molecule has 0 aliphatic carbocycles. The number of nitrogens with zero attached hydrogens (tertiary/aromatic N) is 2. The second-order valence-corrected chi connectivity index (χ2v) is 10.8. The summed E-state index contributed by atoms with van der Waals surface area (Å²) in [6, 6.07) is 7.36. The molecule has 3 heteroatoms. The maximum atomic E-state index is 8.93. The predicted octanol–water partition coefficient (Wildman–Crippen LogP) is 7.93. The number of allylic oxidation sites excluding steroid dienone is 1. The molecule has 3 heterocycles. The summed E-state index contributed by atoms with van der Waals surface area (Å²) < 4.78 is 72.9. The molecule has 0 bridgehead atoms. The van der Waals surface area contributed by atoms with E-state index in [0.29, 0.717) is 5.69 Å². The highest BCUT2D eigenvalue weighted by Crippen LogP contribution is 2.52. The molecule has 0 saturated carbocycles. The van der Waals surface area contributed by atoms with Crippen LogP contribution in [0.25, 0.3) is 27.5 Å². The minimum Gasteiger partial charge on any atom is -0.308 e. The Morgan fingerprint density at radius 2 is 1.61 bits per heavy atom. The Balaban J connectivity index is 1.56. The van der Waals surface area contributed by atoms with Crippen LogP contribution in [0.3, 0.4) is 0 Å². The Bertz CT molecular complexity index is 2120. The van der Waals surface area contributed by atoms with Gasteiger partial charge in [0.1, 0.15) is 12.3 Å². The zero-order chi connectivity index (χ0) is 31.5. The van der Waals surface area contributed by atoms with Crippen molar-refractivity contribution in [2.75, 3.05) is 7.05 Å². The van der Waals surface area contributed by atoms with E-state index in [1.165, 1.54) is 28.0 Å². The molecule has 0 N–H and O–H groups in total. The summed E-state index contributed by atoms with van der Waals surface area (Å²) in [6.45, 7) is 6.38. The van der Waals surface area contributed by atoms with E-state index in [1.807, 2.05) is 12.1 Å². The van der Waals surface area contributed by atoms with Crippen LogP contribution >= 0.6 is 11.8 Å². The number of benzene rings is 4. The largest absolute Gasteiger partial charge is 0.308 e. The van der Waals surface area contributed by atoms with Gasteiger partial charge in [-0.1, -0.05) is 60.0 Å². The first-order valence-corrected chi connectivity index (χ1v) is 12.9. The lowest BCUT2D eigenvalue weighted by molar-refractivity contribution is -0.424. The van der Waals surface area contributed by atoms with Gasteiger partial charge in [0.2, 0.25) is 5.71 Å². The molecule has 176 valence electrons. The highest BCUT2D eigenvalue weighted by atomic mass is 32.2. The minimum absolute atomic E-state index is 0.0247. The average Bonchev–Trinajstić information content (AvgIpc) is 3.55. The van der Waals surface area contributed by atoms with Crippen molar-refractivity contribution >= 4 is 39.3 Å². The molecule has 2 aliphatic heterocycles. The molecule has 2 nitrogen and oxygen atoms in total. The molecule has 2 atom stereocenters. The number of rotatable bonds is 2. The summed E-state index contributed by atoms with van der Waals surface area (Å²) in [6.07, 6.45) is 4.29. The number of aryl methyl sites for hydroxylation is 2. The van der Waals surface area contributed by atoms with Crippen LogP contribution in [0.4, 0.5) is 0 Å². The molecule has 5 aromatic rings. The second kappa shape index (κ2) is 7.97. The van der Waals surface area contributed by atoms with E-state index >= 15 is 0 Å². The van der Waals surface area contributed by atoms with Crippen molar-refractivity contribution in [1.82, 2.24) is 4.57 Å². The van der Waals surface area contributed by atoms with E-state index in [4.69, 9.17) is 11.0 Å². The van der Waals surface area contributed by atoms with Gasteiger partial charge in [-0.25, -0.2) is 4.58 Å². The van der Waals surface area contributed by atoms with Gasteiger partial charge in [-0.3, -0.25) is 0 Å². The first-order chi connectivity index (χ1) is 20.8. The van der Waals surface area contributed by atoms with Gasteiger partial charge >= 0.3 is 0 Å². The van der Waals surface area contributed by atoms with Gasteiger partial charge in [0.05, 0.1) is 27.7 Å². The maximum absolute atomic E-state index is 8.93. The van der Waals surface area contributed by atoms with Crippen LogP contribution in [0.1, 0.15) is 44.7 Å². The van der Waals surface area contributed by atoms with Gasteiger partial charge in [0, 0.05) is 27.1 Å². The van der Waals surface area contributed by atoms with Crippen LogP contribution in [0.2, 0.25) is 0 Å². The molecule has 1 aromatic heterocycles. The number of hydrogen-bond acceptors (Lipinski definition) is 1. The standard InChI is InChI=1S/C33H29N2S/c1-20-18-21(2)22(3)27(19-20)31-33-26(16-17-34(31)4)25-12-9-15-30(32(25)36-33)35-28-13-7-5-10-23(28)24-11-6-8-14-29(24)35/h5-19,26,33H,1-4H3/q+1/i5D,6D,7D,8D,10D,11D,13D,14D. The van der Waals surface area contributed by atoms with Crippen molar-refractivity contribution in [1.29, 1.82) is 0 Å². The number of hydrogen-bond donors (Lipinski definition) is 0. The Morgan fingerprint density at radius 1 is 0.917 bits per heavy atom. The summed E-state index contributed by atoms with van der Waals surface area (Å²) in [7, 11) is 2.06. The highest BCUT2D eigenvalue weighted by Gasteiger charge is 2.44. The molecule has 0 radical (unpaired) electrons. The molecule has 2 aliphatic rings. The Labute approximate surface area is 227 Å². The fourth-order valence-corrected chi connectivity index (χ4v) is 7.38. The molecule has 4 aromatic carbocycles. The zero-order valence-corrected chi connectivity index (χ0v) is 21.3. The van der Waals surface area contributed by atoms with Gasteiger partial charge in [-0.2, -0.15) is 0 Å². The van der Waals surface area contributed by atoms with Crippen LogP contribution in [-0.4, -0.2) is 27.2 Å². The van der Waals surface area contributed by atoms with E-state index in [1.54, 1.807) is 16.3 Å². The monoisotopic (exact) mass is 493 g/mol. The third-order valence-electron chi connectivity index (χ3n) is 7.48. The molecule has 0 saturated heterocycles. The maximum Gasteiger partial charge on any atom is 0.203 e. The van der Waals surface area contributed by atoms with Crippen molar-refractivity contribution in [3.05, 3.63) is 119 Å². The normalized spacial score (nSPS) is 21.9. The smallest absolute Gasteiger partial charge is 0.203 e. The summed E-state index contributed by atoms with van der Waals surface area (Å²) in [5.74, 6) is 0.0389. The fraction of sp³-hybridized carbons (Fsp3) is 0.182. The number of fused-ring (bicyclic) bond motifs is 6. The van der Waals surface area contributed by atoms with Gasteiger partial charge in [-0.05, 0) is 67.8 Å². The third-order valence-corrected chi connectivity index (χ3v) is 8.93. The van der Waals surface area contributed by atoms with E-state index in [0.717, 1.165) is 10.5 Å². The molecule has 2 unspecified atom stereocenters. The molecule has 0 amide bonds.